The Morgan fingerprint density at radius 3 is 2.70 bits per heavy atom. The molecule has 0 saturated heterocycles. The average molecular weight is 297 g/mol. The van der Waals surface area contributed by atoms with E-state index in [0.717, 1.165) is 5.56 Å². The van der Waals surface area contributed by atoms with Crippen LogP contribution in [0.1, 0.15) is 32.4 Å². The fourth-order valence-corrected chi connectivity index (χ4v) is 4.27. The molecule has 1 heterocycles. The van der Waals surface area contributed by atoms with Gasteiger partial charge in [-0.2, -0.15) is 0 Å². The molecule has 1 aromatic rings. The Morgan fingerprint density at radius 2 is 2.05 bits per heavy atom. The molecule has 5 heteroatoms. The summed E-state index contributed by atoms with van der Waals surface area (Å²) in [5.41, 5.74) is 0.884. The molecular formula is C15H23NO3S. The quantitative estimate of drug-likeness (QED) is 0.874. The van der Waals surface area contributed by atoms with E-state index >= 15 is 0 Å². The van der Waals surface area contributed by atoms with Gasteiger partial charge in [0, 0.05) is 18.7 Å². The van der Waals surface area contributed by atoms with Crippen molar-refractivity contribution in [3.8, 4) is 0 Å². The maximum absolute atomic E-state index is 12.2. The van der Waals surface area contributed by atoms with Crippen LogP contribution in [-0.2, 0) is 14.6 Å². The fraction of sp³-hybridized carbons (Fsp3) is 0.600. The molecule has 2 atom stereocenters. The predicted molar refractivity (Wildman–Crippen MR) is 79.5 cm³/mol. The number of hydrogen-bond donors (Lipinski definition) is 1. The molecule has 1 aliphatic rings. The van der Waals surface area contributed by atoms with Crippen LogP contribution in [0.4, 0.5) is 0 Å². The monoisotopic (exact) mass is 297 g/mol. The summed E-state index contributed by atoms with van der Waals surface area (Å²) < 4.78 is 29.8. The summed E-state index contributed by atoms with van der Waals surface area (Å²) in [6.45, 7) is 7.47. The summed E-state index contributed by atoms with van der Waals surface area (Å²) in [5.74, 6) is 0.527. The standard InChI is InChI=1S/C15H23NO3S/c1-4-19-9-13(11(2)3)16-14-10-20(17,18)15-8-6-5-7-12(14)15/h5-8,11,13-14,16H,4,9-10H2,1-3H3. The maximum atomic E-state index is 12.2. The lowest BCUT2D eigenvalue weighted by Crippen LogP contribution is -2.41. The van der Waals surface area contributed by atoms with Gasteiger partial charge in [0.1, 0.15) is 0 Å². The molecule has 4 nitrogen and oxygen atoms in total. The highest BCUT2D eigenvalue weighted by Gasteiger charge is 2.35. The number of sulfone groups is 1. The molecule has 1 aliphatic heterocycles. The van der Waals surface area contributed by atoms with E-state index in [1.54, 1.807) is 12.1 Å². The van der Waals surface area contributed by atoms with E-state index in [4.69, 9.17) is 4.74 Å². The van der Waals surface area contributed by atoms with Crippen molar-refractivity contribution in [2.24, 2.45) is 5.92 Å². The zero-order valence-electron chi connectivity index (χ0n) is 12.3. The van der Waals surface area contributed by atoms with Crippen molar-refractivity contribution in [3.05, 3.63) is 29.8 Å². The summed E-state index contributed by atoms with van der Waals surface area (Å²) in [6.07, 6.45) is 0. The minimum atomic E-state index is -3.15. The van der Waals surface area contributed by atoms with Crippen LogP contribution in [0, 0.1) is 5.92 Å². The Kier molecular flexibility index (Phi) is 4.83. The first-order valence-electron chi connectivity index (χ1n) is 7.11. The van der Waals surface area contributed by atoms with Crippen molar-refractivity contribution < 1.29 is 13.2 Å². The van der Waals surface area contributed by atoms with Gasteiger partial charge in [-0.05, 0) is 24.5 Å². The Bertz CT molecular complexity index is 554. The summed E-state index contributed by atoms with van der Waals surface area (Å²) in [5, 5.41) is 3.46. The molecule has 20 heavy (non-hydrogen) atoms. The van der Waals surface area contributed by atoms with E-state index in [0.29, 0.717) is 24.0 Å². The molecule has 2 rings (SSSR count). The molecule has 0 aliphatic carbocycles. The second kappa shape index (κ2) is 6.24. The largest absolute Gasteiger partial charge is 0.380 e. The van der Waals surface area contributed by atoms with Gasteiger partial charge in [0.05, 0.1) is 17.3 Å². The Hall–Kier alpha value is -0.910. The van der Waals surface area contributed by atoms with Gasteiger partial charge in [0.2, 0.25) is 0 Å². The third-order valence-corrected chi connectivity index (χ3v) is 5.55. The Labute approximate surface area is 121 Å². The topological polar surface area (TPSA) is 55.4 Å². The van der Waals surface area contributed by atoms with Crippen LogP contribution in [0.2, 0.25) is 0 Å². The first kappa shape index (κ1) is 15.5. The second-order valence-electron chi connectivity index (χ2n) is 5.55. The van der Waals surface area contributed by atoms with Gasteiger partial charge in [0.15, 0.2) is 9.84 Å². The van der Waals surface area contributed by atoms with Gasteiger partial charge in [-0.15, -0.1) is 0 Å². The molecule has 0 aromatic heterocycles. The SMILES string of the molecule is CCOCC(NC1CS(=O)(=O)c2ccccc21)C(C)C. The molecule has 1 N–H and O–H groups in total. The predicted octanol–water partition coefficient (Wildman–Crippen LogP) is 2.17. The number of hydrogen-bond acceptors (Lipinski definition) is 4. The van der Waals surface area contributed by atoms with Gasteiger partial charge in [-0.1, -0.05) is 32.0 Å². The van der Waals surface area contributed by atoms with Crippen LogP contribution in [0.25, 0.3) is 0 Å². The fourth-order valence-electron chi connectivity index (χ4n) is 2.52. The van der Waals surface area contributed by atoms with E-state index in [1.807, 2.05) is 19.1 Å². The minimum absolute atomic E-state index is 0.135. The zero-order chi connectivity index (χ0) is 14.8. The average Bonchev–Trinajstić information content (AvgIpc) is 2.66. The molecule has 0 radical (unpaired) electrons. The van der Waals surface area contributed by atoms with Gasteiger partial charge in [-0.3, -0.25) is 0 Å². The minimum Gasteiger partial charge on any atom is -0.380 e. The third-order valence-electron chi connectivity index (χ3n) is 3.74. The number of nitrogens with one attached hydrogen (secondary N) is 1. The van der Waals surface area contributed by atoms with Crippen LogP contribution in [0.15, 0.2) is 29.2 Å². The van der Waals surface area contributed by atoms with E-state index in [9.17, 15) is 8.42 Å². The second-order valence-corrected chi connectivity index (χ2v) is 7.55. The van der Waals surface area contributed by atoms with Crippen LogP contribution in [0.5, 0.6) is 0 Å². The lowest BCUT2D eigenvalue weighted by Gasteiger charge is -2.26. The first-order valence-corrected chi connectivity index (χ1v) is 8.76. The van der Waals surface area contributed by atoms with Crippen LogP contribution < -0.4 is 5.32 Å². The van der Waals surface area contributed by atoms with Gasteiger partial charge < -0.3 is 10.1 Å². The number of rotatable bonds is 6. The van der Waals surface area contributed by atoms with Gasteiger partial charge in [0.25, 0.3) is 0 Å². The highest BCUT2D eigenvalue weighted by molar-refractivity contribution is 7.91. The Morgan fingerprint density at radius 1 is 1.35 bits per heavy atom. The van der Waals surface area contributed by atoms with Crippen LogP contribution in [-0.4, -0.2) is 33.4 Å². The van der Waals surface area contributed by atoms with Crippen molar-refractivity contribution in [2.45, 2.75) is 37.8 Å². The molecule has 0 amide bonds. The van der Waals surface area contributed by atoms with Crippen LogP contribution in [0.3, 0.4) is 0 Å². The normalized spacial score (nSPS) is 21.9. The molecule has 0 saturated carbocycles. The highest BCUT2D eigenvalue weighted by Crippen LogP contribution is 2.33. The highest BCUT2D eigenvalue weighted by atomic mass is 32.2. The summed E-state index contributed by atoms with van der Waals surface area (Å²) in [6, 6.07) is 7.28. The lowest BCUT2D eigenvalue weighted by atomic mass is 10.0. The Balaban J connectivity index is 2.18. The molecule has 0 spiro atoms. The molecule has 0 bridgehead atoms. The van der Waals surface area contributed by atoms with E-state index in [-0.39, 0.29) is 17.8 Å². The van der Waals surface area contributed by atoms with Crippen molar-refractivity contribution >= 4 is 9.84 Å². The first-order chi connectivity index (χ1) is 9.45. The molecular weight excluding hydrogens is 274 g/mol. The van der Waals surface area contributed by atoms with E-state index in [1.165, 1.54) is 0 Å². The summed E-state index contributed by atoms with van der Waals surface area (Å²) >= 11 is 0. The number of ether oxygens (including phenoxy) is 1. The van der Waals surface area contributed by atoms with E-state index in [2.05, 4.69) is 19.2 Å². The van der Waals surface area contributed by atoms with Crippen molar-refractivity contribution in [1.29, 1.82) is 0 Å². The lowest BCUT2D eigenvalue weighted by molar-refractivity contribution is 0.104. The molecule has 2 unspecified atom stereocenters. The number of benzene rings is 1. The molecule has 112 valence electrons. The smallest absolute Gasteiger partial charge is 0.180 e. The molecule has 0 fully saturated rings. The zero-order valence-corrected chi connectivity index (χ0v) is 13.1. The van der Waals surface area contributed by atoms with Crippen molar-refractivity contribution in [1.82, 2.24) is 5.32 Å². The van der Waals surface area contributed by atoms with Crippen molar-refractivity contribution in [2.75, 3.05) is 19.0 Å². The molecule has 1 aromatic carbocycles. The van der Waals surface area contributed by atoms with Gasteiger partial charge >= 0.3 is 0 Å². The summed E-state index contributed by atoms with van der Waals surface area (Å²) in [7, 11) is -3.15. The third kappa shape index (κ3) is 3.22. The van der Waals surface area contributed by atoms with E-state index < -0.39 is 9.84 Å². The van der Waals surface area contributed by atoms with Crippen LogP contribution >= 0.6 is 0 Å². The maximum Gasteiger partial charge on any atom is 0.180 e. The van der Waals surface area contributed by atoms with Gasteiger partial charge in [-0.25, -0.2) is 8.42 Å². The van der Waals surface area contributed by atoms with Crippen molar-refractivity contribution in [3.63, 3.8) is 0 Å². The number of fused-ring (bicyclic) bond motifs is 1. The summed E-state index contributed by atoms with van der Waals surface area (Å²) in [4.78, 5) is 0.469.